The Kier molecular flexibility index (Phi) is 5.08. The third kappa shape index (κ3) is 3.49. The van der Waals surface area contributed by atoms with E-state index in [4.69, 9.17) is 11.6 Å². The number of thiazole rings is 1. The molecule has 0 saturated carbocycles. The Hall–Kier alpha value is -1.01. The SMILES string of the molecule is CN1CC[C@@H](CNCc2cscn2)[C@H]1c1ccc(Cl)c(F)c1. The van der Waals surface area contributed by atoms with Crippen LogP contribution in [-0.4, -0.2) is 30.0 Å². The van der Waals surface area contributed by atoms with Gasteiger partial charge >= 0.3 is 0 Å². The lowest BCUT2D eigenvalue weighted by Crippen LogP contribution is -2.28. The predicted octanol–water partition coefficient (Wildman–Crippen LogP) is 3.72. The minimum absolute atomic E-state index is 0.183. The molecule has 0 unspecified atom stereocenters. The molecule has 118 valence electrons. The molecule has 1 fully saturated rings. The number of nitrogens with zero attached hydrogens (tertiary/aromatic N) is 2. The predicted molar refractivity (Wildman–Crippen MR) is 88.7 cm³/mol. The summed E-state index contributed by atoms with van der Waals surface area (Å²) in [7, 11) is 2.09. The minimum atomic E-state index is -0.339. The highest BCUT2D eigenvalue weighted by Crippen LogP contribution is 2.36. The molecule has 2 heterocycles. The minimum Gasteiger partial charge on any atom is -0.311 e. The summed E-state index contributed by atoms with van der Waals surface area (Å²) in [5.41, 5.74) is 3.92. The molecule has 1 saturated heterocycles. The zero-order valence-electron chi connectivity index (χ0n) is 12.4. The van der Waals surface area contributed by atoms with Crippen molar-refractivity contribution < 1.29 is 4.39 Å². The quantitative estimate of drug-likeness (QED) is 0.900. The van der Waals surface area contributed by atoms with E-state index in [9.17, 15) is 4.39 Å². The van der Waals surface area contributed by atoms with Crippen LogP contribution in [0.2, 0.25) is 5.02 Å². The molecule has 2 aromatic rings. The molecule has 0 bridgehead atoms. The van der Waals surface area contributed by atoms with Crippen LogP contribution in [0.1, 0.15) is 23.7 Å². The van der Waals surface area contributed by atoms with Gasteiger partial charge in [-0.2, -0.15) is 0 Å². The van der Waals surface area contributed by atoms with Gasteiger partial charge in [-0.1, -0.05) is 17.7 Å². The van der Waals surface area contributed by atoms with E-state index in [0.29, 0.717) is 5.92 Å². The van der Waals surface area contributed by atoms with E-state index in [1.807, 2.05) is 11.6 Å². The van der Waals surface area contributed by atoms with E-state index in [2.05, 4.69) is 27.6 Å². The van der Waals surface area contributed by atoms with Crippen molar-refractivity contribution in [2.24, 2.45) is 5.92 Å². The first-order chi connectivity index (χ1) is 10.6. The standard InChI is InChI=1S/C16H19ClFN3S/c1-21-5-4-12(7-19-8-13-9-22-10-20-13)16(21)11-2-3-14(17)15(18)6-11/h2-3,6,9-10,12,16,19H,4-5,7-8H2,1H3/t12-,16+/m0/s1. The highest BCUT2D eigenvalue weighted by Gasteiger charge is 2.32. The van der Waals surface area contributed by atoms with Crippen molar-refractivity contribution in [1.82, 2.24) is 15.2 Å². The monoisotopic (exact) mass is 339 g/mol. The molecule has 1 aromatic heterocycles. The van der Waals surface area contributed by atoms with Crippen LogP contribution in [-0.2, 0) is 6.54 Å². The van der Waals surface area contributed by atoms with E-state index < -0.39 is 0 Å². The van der Waals surface area contributed by atoms with E-state index in [1.54, 1.807) is 23.5 Å². The molecule has 1 aliphatic rings. The van der Waals surface area contributed by atoms with Gasteiger partial charge in [0, 0.05) is 24.5 Å². The zero-order valence-corrected chi connectivity index (χ0v) is 14.0. The van der Waals surface area contributed by atoms with Crippen LogP contribution < -0.4 is 5.32 Å². The fraction of sp³-hybridized carbons (Fsp3) is 0.438. The van der Waals surface area contributed by atoms with Gasteiger partial charge in [-0.05, 0) is 43.6 Å². The maximum absolute atomic E-state index is 13.8. The van der Waals surface area contributed by atoms with Gasteiger partial charge in [-0.15, -0.1) is 11.3 Å². The van der Waals surface area contributed by atoms with Crippen LogP contribution in [0.15, 0.2) is 29.1 Å². The summed E-state index contributed by atoms with van der Waals surface area (Å²) in [5, 5.41) is 5.71. The summed E-state index contributed by atoms with van der Waals surface area (Å²) in [6.07, 6.45) is 1.11. The van der Waals surface area contributed by atoms with E-state index in [0.717, 1.165) is 37.3 Å². The maximum atomic E-state index is 13.8. The number of likely N-dealkylation sites (tertiary alicyclic amines) is 1. The summed E-state index contributed by atoms with van der Waals surface area (Å²) >= 11 is 7.40. The lowest BCUT2D eigenvalue weighted by molar-refractivity contribution is 0.271. The molecular formula is C16H19ClFN3S. The van der Waals surface area contributed by atoms with Gasteiger partial charge in [-0.3, -0.25) is 4.90 Å². The van der Waals surface area contributed by atoms with Gasteiger partial charge in [0.2, 0.25) is 0 Å². The third-order valence-corrected chi connectivity index (χ3v) is 5.20. The van der Waals surface area contributed by atoms with Crippen molar-refractivity contribution >= 4 is 22.9 Å². The van der Waals surface area contributed by atoms with Crippen LogP contribution in [0.25, 0.3) is 0 Å². The molecule has 1 N–H and O–H groups in total. The Morgan fingerprint density at radius 1 is 1.50 bits per heavy atom. The molecule has 1 aliphatic heterocycles. The van der Waals surface area contributed by atoms with Crippen molar-refractivity contribution in [3.05, 3.63) is 51.2 Å². The van der Waals surface area contributed by atoms with Crippen molar-refractivity contribution in [1.29, 1.82) is 0 Å². The molecule has 22 heavy (non-hydrogen) atoms. The molecule has 3 nitrogen and oxygen atoms in total. The molecule has 3 rings (SSSR count). The summed E-state index contributed by atoms with van der Waals surface area (Å²) in [5.74, 6) is 0.123. The number of nitrogens with one attached hydrogen (secondary N) is 1. The first kappa shape index (κ1) is 15.9. The number of rotatable bonds is 5. The normalized spacial score (nSPS) is 22.3. The number of aromatic nitrogens is 1. The van der Waals surface area contributed by atoms with Crippen LogP contribution in [0.3, 0.4) is 0 Å². The Morgan fingerprint density at radius 2 is 2.36 bits per heavy atom. The Balaban J connectivity index is 1.66. The van der Waals surface area contributed by atoms with Crippen LogP contribution >= 0.6 is 22.9 Å². The Morgan fingerprint density at radius 3 is 3.09 bits per heavy atom. The van der Waals surface area contributed by atoms with Gasteiger partial charge in [0.1, 0.15) is 5.82 Å². The second-order valence-electron chi connectivity index (χ2n) is 5.76. The second kappa shape index (κ2) is 7.04. The van der Waals surface area contributed by atoms with Gasteiger partial charge < -0.3 is 5.32 Å². The fourth-order valence-electron chi connectivity index (χ4n) is 3.17. The molecule has 6 heteroatoms. The zero-order chi connectivity index (χ0) is 15.5. The van der Waals surface area contributed by atoms with Gasteiger partial charge in [0.25, 0.3) is 0 Å². The molecule has 0 radical (unpaired) electrons. The van der Waals surface area contributed by atoms with Crippen molar-refractivity contribution in [2.75, 3.05) is 20.1 Å². The van der Waals surface area contributed by atoms with Crippen molar-refractivity contribution in [3.8, 4) is 0 Å². The molecule has 0 aliphatic carbocycles. The summed E-state index contributed by atoms with van der Waals surface area (Å²) < 4.78 is 13.8. The molecule has 0 amide bonds. The number of hydrogen-bond donors (Lipinski definition) is 1. The molecule has 0 spiro atoms. The van der Waals surface area contributed by atoms with Crippen molar-refractivity contribution in [3.63, 3.8) is 0 Å². The lowest BCUT2D eigenvalue weighted by atomic mass is 9.93. The van der Waals surface area contributed by atoms with Crippen LogP contribution in [0, 0.1) is 11.7 Å². The van der Waals surface area contributed by atoms with Crippen LogP contribution in [0.5, 0.6) is 0 Å². The smallest absolute Gasteiger partial charge is 0.142 e. The highest BCUT2D eigenvalue weighted by atomic mass is 35.5. The van der Waals surface area contributed by atoms with Gasteiger partial charge in [-0.25, -0.2) is 9.37 Å². The fourth-order valence-corrected chi connectivity index (χ4v) is 3.85. The lowest BCUT2D eigenvalue weighted by Gasteiger charge is -2.26. The third-order valence-electron chi connectivity index (χ3n) is 4.26. The number of benzene rings is 1. The van der Waals surface area contributed by atoms with Gasteiger partial charge in [0.15, 0.2) is 0 Å². The number of halogens is 2. The average molecular weight is 340 g/mol. The highest BCUT2D eigenvalue weighted by molar-refractivity contribution is 7.07. The Bertz CT molecular complexity index is 620. The maximum Gasteiger partial charge on any atom is 0.142 e. The Labute approximate surface area is 139 Å². The molecular weight excluding hydrogens is 321 g/mol. The largest absolute Gasteiger partial charge is 0.311 e. The first-order valence-corrected chi connectivity index (χ1v) is 8.70. The van der Waals surface area contributed by atoms with E-state index in [-0.39, 0.29) is 16.9 Å². The first-order valence-electron chi connectivity index (χ1n) is 7.38. The molecule has 2 atom stereocenters. The van der Waals surface area contributed by atoms with Crippen molar-refractivity contribution in [2.45, 2.75) is 19.0 Å². The van der Waals surface area contributed by atoms with Crippen LogP contribution in [0.4, 0.5) is 4.39 Å². The molecule has 1 aromatic carbocycles. The summed E-state index contributed by atoms with van der Waals surface area (Å²) in [4.78, 5) is 6.56. The average Bonchev–Trinajstić information content (AvgIpc) is 3.13. The topological polar surface area (TPSA) is 28.2 Å². The van der Waals surface area contributed by atoms with Gasteiger partial charge in [0.05, 0.1) is 16.2 Å². The van der Waals surface area contributed by atoms with E-state index in [1.165, 1.54) is 0 Å². The number of hydrogen-bond acceptors (Lipinski definition) is 4. The summed E-state index contributed by atoms with van der Waals surface area (Å²) in [6, 6.07) is 5.39. The van der Waals surface area contributed by atoms with E-state index >= 15 is 0 Å². The second-order valence-corrected chi connectivity index (χ2v) is 6.88. The summed E-state index contributed by atoms with van der Waals surface area (Å²) in [6.45, 7) is 2.71.